The Bertz CT molecular complexity index is 567. The van der Waals surface area contributed by atoms with Gasteiger partial charge < -0.3 is 16.0 Å². The fourth-order valence-corrected chi connectivity index (χ4v) is 3.49. The van der Waals surface area contributed by atoms with Gasteiger partial charge in [0.2, 0.25) is 11.8 Å². The molecule has 2 amide bonds. The van der Waals surface area contributed by atoms with Gasteiger partial charge in [0, 0.05) is 16.1 Å². The molecule has 2 aliphatic rings. The highest BCUT2D eigenvalue weighted by molar-refractivity contribution is 9.10. The summed E-state index contributed by atoms with van der Waals surface area (Å²) >= 11 is 3.35. The Balaban J connectivity index is 1.43. The summed E-state index contributed by atoms with van der Waals surface area (Å²) in [6, 6.07) is 7.35. The second-order valence-corrected chi connectivity index (χ2v) is 7.06. The third-order valence-corrected chi connectivity index (χ3v) is 5.19. The van der Waals surface area contributed by atoms with E-state index in [0.717, 1.165) is 42.5 Å². The summed E-state index contributed by atoms with van der Waals surface area (Å²) in [4.78, 5) is 24.0. The molecule has 1 atom stereocenters. The lowest BCUT2D eigenvalue weighted by Gasteiger charge is -2.23. The Morgan fingerprint density at radius 2 is 1.91 bits per heavy atom. The van der Waals surface area contributed by atoms with E-state index in [9.17, 15) is 9.59 Å². The second kappa shape index (κ2) is 6.38. The summed E-state index contributed by atoms with van der Waals surface area (Å²) in [5.74, 6) is -0.0846. The summed E-state index contributed by atoms with van der Waals surface area (Å²) in [6.07, 6.45) is 3.10. The molecule has 1 aliphatic heterocycles. The number of benzene rings is 1. The predicted octanol–water partition coefficient (Wildman–Crippen LogP) is 1.89. The van der Waals surface area contributed by atoms with Crippen LogP contribution in [0, 0.1) is 11.3 Å². The molecule has 1 saturated carbocycles. The fourth-order valence-electron chi connectivity index (χ4n) is 3.22. The van der Waals surface area contributed by atoms with E-state index in [4.69, 9.17) is 0 Å². The van der Waals surface area contributed by atoms with E-state index in [1.54, 1.807) is 0 Å². The van der Waals surface area contributed by atoms with Crippen molar-refractivity contribution in [2.45, 2.75) is 19.3 Å². The normalized spacial score (nSPS) is 22.1. The van der Waals surface area contributed by atoms with Gasteiger partial charge in [0.15, 0.2) is 0 Å². The molecular weight excluding hydrogens is 346 g/mol. The van der Waals surface area contributed by atoms with E-state index in [-0.39, 0.29) is 29.7 Å². The third kappa shape index (κ3) is 3.50. The van der Waals surface area contributed by atoms with E-state index in [1.165, 1.54) is 0 Å². The van der Waals surface area contributed by atoms with Crippen molar-refractivity contribution in [3.05, 3.63) is 28.7 Å². The molecule has 2 fully saturated rings. The van der Waals surface area contributed by atoms with Gasteiger partial charge in [0.25, 0.3) is 0 Å². The van der Waals surface area contributed by atoms with Crippen LogP contribution < -0.4 is 16.0 Å². The molecule has 0 aromatic heterocycles. The molecule has 0 radical (unpaired) electrons. The average molecular weight is 366 g/mol. The van der Waals surface area contributed by atoms with Crippen LogP contribution in [0.2, 0.25) is 0 Å². The Kier molecular flexibility index (Phi) is 4.49. The van der Waals surface area contributed by atoms with Crippen molar-refractivity contribution in [3.63, 3.8) is 0 Å². The lowest BCUT2D eigenvalue weighted by molar-refractivity contribution is -0.125. The van der Waals surface area contributed by atoms with E-state index in [2.05, 4.69) is 31.9 Å². The van der Waals surface area contributed by atoms with E-state index in [1.807, 2.05) is 24.3 Å². The van der Waals surface area contributed by atoms with Gasteiger partial charge in [0.05, 0.1) is 6.54 Å². The number of nitrogens with one attached hydrogen (secondary N) is 3. The van der Waals surface area contributed by atoms with E-state index in [0.29, 0.717) is 0 Å². The summed E-state index contributed by atoms with van der Waals surface area (Å²) in [6.45, 7) is 2.02. The van der Waals surface area contributed by atoms with Crippen LogP contribution in [-0.4, -0.2) is 31.4 Å². The first-order chi connectivity index (χ1) is 10.6. The van der Waals surface area contributed by atoms with Crippen molar-refractivity contribution in [1.29, 1.82) is 0 Å². The van der Waals surface area contributed by atoms with Gasteiger partial charge in [-0.15, -0.1) is 0 Å². The first kappa shape index (κ1) is 15.5. The summed E-state index contributed by atoms with van der Waals surface area (Å²) < 4.78 is 0.958. The number of piperidine rings is 1. The van der Waals surface area contributed by atoms with Crippen molar-refractivity contribution in [1.82, 2.24) is 10.6 Å². The van der Waals surface area contributed by atoms with Crippen LogP contribution in [0.15, 0.2) is 28.7 Å². The van der Waals surface area contributed by atoms with Crippen LogP contribution in [0.25, 0.3) is 0 Å². The Morgan fingerprint density at radius 3 is 2.59 bits per heavy atom. The van der Waals surface area contributed by atoms with Crippen LogP contribution in [0.3, 0.4) is 0 Å². The zero-order valence-corrected chi connectivity index (χ0v) is 13.9. The molecule has 3 rings (SSSR count). The molecule has 3 N–H and O–H groups in total. The molecule has 5 nitrogen and oxygen atoms in total. The fraction of sp³-hybridized carbons (Fsp3) is 0.500. The number of rotatable bonds is 4. The number of carbonyl (C=O) groups is 2. The molecule has 6 heteroatoms. The number of anilines is 1. The highest BCUT2D eigenvalue weighted by atomic mass is 79.9. The minimum atomic E-state index is -0.198. The minimum Gasteiger partial charge on any atom is -0.347 e. The predicted molar refractivity (Wildman–Crippen MR) is 88.4 cm³/mol. The lowest BCUT2D eigenvalue weighted by Crippen LogP contribution is -2.37. The number of halogens is 1. The largest absolute Gasteiger partial charge is 0.347 e. The maximum atomic E-state index is 12.2. The molecule has 1 spiro atoms. The van der Waals surface area contributed by atoms with Gasteiger partial charge in [-0.05, 0) is 62.0 Å². The molecule has 1 heterocycles. The lowest BCUT2D eigenvalue weighted by atomic mass is 9.92. The van der Waals surface area contributed by atoms with Crippen LogP contribution in [0.5, 0.6) is 0 Å². The summed E-state index contributed by atoms with van der Waals surface area (Å²) in [5, 5.41) is 8.86. The zero-order valence-electron chi connectivity index (χ0n) is 12.3. The van der Waals surface area contributed by atoms with Crippen LogP contribution in [0.1, 0.15) is 19.3 Å². The summed E-state index contributed by atoms with van der Waals surface area (Å²) in [7, 11) is 0. The van der Waals surface area contributed by atoms with Crippen molar-refractivity contribution in [2.75, 3.05) is 25.0 Å². The van der Waals surface area contributed by atoms with Gasteiger partial charge in [-0.3, -0.25) is 9.59 Å². The molecule has 1 aliphatic carbocycles. The highest BCUT2D eigenvalue weighted by Gasteiger charge is 2.57. The second-order valence-electron chi connectivity index (χ2n) is 6.14. The molecule has 118 valence electrons. The number of amides is 2. The minimum absolute atomic E-state index is 0.0212. The molecule has 1 aromatic carbocycles. The standard InChI is InChI=1S/C16H20BrN3O2/c17-11-1-3-12(4-2-11)20-14(21)10-19-15(22)13-9-16(13)5-7-18-8-6-16/h1-4,13,18H,5-10H2,(H,19,22)(H,20,21). The van der Waals surface area contributed by atoms with E-state index >= 15 is 0 Å². The maximum Gasteiger partial charge on any atom is 0.243 e. The molecular formula is C16H20BrN3O2. The van der Waals surface area contributed by atoms with Gasteiger partial charge in [-0.25, -0.2) is 0 Å². The highest BCUT2D eigenvalue weighted by Crippen LogP contribution is 2.58. The first-order valence-electron chi connectivity index (χ1n) is 7.63. The molecule has 0 bridgehead atoms. The van der Waals surface area contributed by atoms with Crippen molar-refractivity contribution in [2.24, 2.45) is 11.3 Å². The first-order valence-corrected chi connectivity index (χ1v) is 8.42. The van der Waals surface area contributed by atoms with Crippen LogP contribution in [-0.2, 0) is 9.59 Å². The number of hydrogen-bond acceptors (Lipinski definition) is 3. The Labute approximate surface area is 138 Å². The van der Waals surface area contributed by atoms with Crippen molar-refractivity contribution in [3.8, 4) is 0 Å². The molecule has 1 aromatic rings. The maximum absolute atomic E-state index is 12.2. The van der Waals surface area contributed by atoms with Crippen LogP contribution in [0.4, 0.5) is 5.69 Å². The van der Waals surface area contributed by atoms with Gasteiger partial charge >= 0.3 is 0 Å². The number of carbonyl (C=O) groups excluding carboxylic acids is 2. The van der Waals surface area contributed by atoms with E-state index < -0.39 is 0 Å². The topological polar surface area (TPSA) is 70.2 Å². The molecule has 1 unspecified atom stereocenters. The van der Waals surface area contributed by atoms with Gasteiger partial charge in [-0.2, -0.15) is 0 Å². The Hall–Kier alpha value is -1.40. The van der Waals surface area contributed by atoms with Crippen molar-refractivity contribution >= 4 is 33.4 Å². The third-order valence-electron chi connectivity index (χ3n) is 4.66. The summed E-state index contributed by atoms with van der Waals surface area (Å²) in [5.41, 5.74) is 0.932. The quantitative estimate of drug-likeness (QED) is 0.762. The zero-order chi connectivity index (χ0) is 15.6. The molecule has 22 heavy (non-hydrogen) atoms. The van der Waals surface area contributed by atoms with Gasteiger partial charge in [-0.1, -0.05) is 15.9 Å². The monoisotopic (exact) mass is 365 g/mol. The number of hydrogen-bond donors (Lipinski definition) is 3. The SMILES string of the molecule is O=C(CNC(=O)C1CC12CCNCC2)Nc1ccc(Br)cc1. The van der Waals surface area contributed by atoms with Gasteiger partial charge in [0.1, 0.15) is 0 Å². The molecule has 1 saturated heterocycles. The Morgan fingerprint density at radius 1 is 1.23 bits per heavy atom. The smallest absolute Gasteiger partial charge is 0.243 e. The van der Waals surface area contributed by atoms with Crippen molar-refractivity contribution < 1.29 is 9.59 Å². The average Bonchev–Trinajstić information content (AvgIpc) is 3.21. The van der Waals surface area contributed by atoms with Crippen LogP contribution >= 0.6 is 15.9 Å².